The van der Waals surface area contributed by atoms with Crippen LogP contribution in [0, 0.1) is 20.8 Å². The number of aliphatic hydroxyl groups is 1. The minimum Gasteiger partial charge on any atom is -0.390 e. The largest absolute Gasteiger partial charge is 0.390 e. The molecule has 0 spiro atoms. The van der Waals surface area contributed by atoms with E-state index >= 15 is 0 Å². The molecule has 1 amide bonds. The fourth-order valence-electron chi connectivity index (χ4n) is 3.21. The van der Waals surface area contributed by atoms with E-state index in [1.165, 1.54) is 0 Å². The van der Waals surface area contributed by atoms with Crippen molar-refractivity contribution < 1.29 is 14.4 Å². The van der Waals surface area contributed by atoms with Gasteiger partial charge < -0.3 is 19.9 Å². The van der Waals surface area contributed by atoms with Gasteiger partial charge in [0.2, 0.25) is 0 Å². The summed E-state index contributed by atoms with van der Waals surface area (Å²) in [4.78, 5) is 29.5. The zero-order valence-corrected chi connectivity index (χ0v) is 15.2. The molecule has 2 aromatic rings. The second kappa shape index (κ2) is 7.43. The molecule has 1 aliphatic rings. The number of likely N-dealkylation sites (tertiary alicyclic amines) is 1. The molecular formula is C18H24N4O4. The summed E-state index contributed by atoms with van der Waals surface area (Å²) in [5.74, 6) is 0.214. The molecule has 0 aromatic carbocycles. The fraction of sp³-hybridized carbons (Fsp3) is 0.500. The summed E-state index contributed by atoms with van der Waals surface area (Å²) in [7, 11) is 0. The van der Waals surface area contributed by atoms with Gasteiger partial charge in [0.1, 0.15) is 5.76 Å². The van der Waals surface area contributed by atoms with E-state index in [2.05, 4.69) is 20.4 Å². The van der Waals surface area contributed by atoms with Crippen LogP contribution in [-0.4, -0.2) is 51.3 Å². The highest BCUT2D eigenvalue weighted by Gasteiger charge is 2.30. The average Bonchev–Trinajstić information content (AvgIpc) is 3.04. The molecule has 3 N–H and O–H groups in total. The van der Waals surface area contributed by atoms with Crippen molar-refractivity contribution in [2.75, 3.05) is 13.1 Å². The molecule has 0 bridgehead atoms. The third-order valence-corrected chi connectivity index (χ3v) is 4.84. The van der Waals surface area contributed by atoms with Crippen LogP contribution in [0.15, 0.2) is 21.6 Å². The Morgan fingerprint density at radius 3 is 2.88 bits per heavy atom. The van der Waals surface area contributed by atoms with Crippen molar-refractivity contribution in [3.63, 3.8) is 0 Å². The van der Waals surface area contributed by atoms with Crippen LogP contribution in [0.5, 0.6) is 0 Å². The van der Waals surface area contributed by atoms with Crippen LogP contribution in [0.25, 0.3) is 0 Å². The summed E-state index contributed by atoms with van der Waals surface area (Å²) in [6.07, 6.45) is 1.63. The standard InChI is InChI=1S/C18H24N4O4/c1-10-7-19-15(12(3)17(10)24)8-22-5-4-13(16(23)9-22)20-18(25)14-6-11(2)26-21-14/h6-7,13,16,23H,4-5,8-9H2,1-3H3,(H,19,24)(H,20,25)/t13-,16-/m1/s1. The van der Waals surface area contributed by atoms with E-state index in [9.17, 15) is 14.7 Å². The Labute approximate surface area is 151 Å². The molecule has 2 atom stereocenters. The van der Waals surface area contributed by atoms with Gasteiger partial charge in [-0.3, -0.25) is 14.5 Å². The first-order chi connectivity index (χ1) is 12.3. The fourth-order valence-corrected chi connectivity index (χ4v) is 3.21. The maximum atomic E-state index is 12.2. The lowest BCUT2D eigenvalue weighted by molar-refractivity contribution is 0.0342. The molecule has 3 rings (SSSR count). The minimum absolute atomic E-state index is 0.0457. The van der Waals surface area contributed by atoms with Gasteiger partial charge in [-0.15, -0.1) is 0 Å². The summed E-state index contributed by atoms with van der Waals surface area (Å²) in [6.45, 7) is 6.98. The normalized spacial score (nSPS) is 20.9. The zero-order chi connectivity index (χ0) is 18.8. The van der Waals surface area contributed by atoms with Gasteiger partial charge in [0.05, 0.1) is 12.1 Å². The zero-order valence-electron chi connectivity index (χ0n) is 15.2. The number of aliphatic hydroxyl groups excluding tert-OH is 1. The van der Waals surface area contributed by atoms with Crippen LogP contribution >= 0.6 is 0 Å². The van der Waals surface area contributed by atoms with Crippen LogP contribution in [0.1, 0.15) is 39.5 Å². The first kappa shape index (κ1) is 18.3. The van der Waals surface area contributed by atoms with E-state index in [4.69, 9.17) is 4.52 Å². The predicted molar refractivity (Wildman–Crippen MR) is 94.9 cm³/mol. The number of carbonyl (C=O) groups is 1. The molecule has 3 heterocycles. The van der Waals surface area contributed by atoms with Gasteiger partial charge in [-0.25, -0.2) is 0 Å². The van der Waals surface area contributed by atoms with Crippen molar-refractivity contribution in [3.8, 4) is 0 Å². The first-order valence-corrected chi connectivity index (χ1v) is 8.67. The van der Waals surface area contributed by atoms with E-state index < -0.39 is 6.10 Å². The molecule has 140 valence electrons. The van der Waals surface area contributed by atoms with Crippen molar-refractivity contribution in [1.82, 2.24) is 20.4 Å². The van der Waals surface area contributed by atoms with Crippen LogP contribution < -0.4 is 10.7 Å². The molecule has 0 radical (unpaired) electrons. The molecule has 1 fully saturated rings. The number of nitrogens with one attached hydrogen (secondary N) is 2. The van der Waals surface area contributed by atoms with Gasteiger partial charge >= 0.3 is 0 Å². The van der Waals surface area contributed by atoms with Crippen molar-refractivity contribution in [2.24, 2.45) is 0 Å². The van der Waals surface area contributed by atoms with E-state index in [1.54, 1.807) is 26.1 Å². The number of rotatable bonds is 4. The highest BCUT2D eigenvalue weighted by molar-refractivity contribution is 5.92. The number of carbonyl (C=O) groups excluding carboxylic acids is 1. The molecule has 2 aromatic heterocycles. The number of hydrogen-bond donors (Lipinski definition) is 3. The van der Waals surface area contributed by atoms with Crippen molar-refractivity contribution in [3.05, 3.63) is 50.8 Å². The molecule has 26 heavy (non-hydrogen) atoms. The predicted octanol–water partition coefficient (Wildman–Crippen LogP) is 0.653. The number of nitrogens with zero attached hydrogens (tertiary/aromatic N) is 2. The highest BCUT2D eigenvalue weighted by atomic mass is 16.5. The molecule has 1 aliphatic heterocycles. The van der Waals surface area contributed by atoms with Gasteiger partial charge in [0, 0.05) is 48.7 Å². The second-order valence-electron chi connectivity index (χ2n) is 6.90. The Balaban J connectivity index is 1.59. The number of H-pyrrole nitrogens is 1. The number of aromatic nitrogens is 2. The van der Waals surface area contributed by atoms with Crippen LogP contribution in [0.2, 0.25) is 0 Å². The Morgan fingerprint density at radius 1 is 1.46 bits per heavy atom. The van der Waals surface area contributed by atoms with E-state index in [0.717, 1.165) is 5.69 Å². The molecule has 0 unspecified atom stereocenters. The van der Waals surface area contributed by atoms with E-state index in [1.807, 2.05) is 6.92 Å². The van der Waals surface area contributed by atoms with E-state index in [-0.39, 0.29) is 23.1 Å². The van der Waals surface area contributed by atoms with Crippen molar-refractivity contribution >= 4 is 5.91 Å². The topological polar surface area (TPSA) is 111 Å². The lowest BCUT2D eigenvalue weighted by Crippen LogP contribution is -2.53. The molecule has 0 saturated carbocycles. The number of pyridine rings is 1. The molecule has 0 aliphatic carbocycles. The Bertz CT molecular complexity index is 857. The van der Waals surface area contributed by atoms with Gasteiger partial charge in [-0.1, -0.05) is 5.16 Å². The quantitative estimate of drug-likeness (QED) is 0.738. The number of aromatic amines is 1. The molecular weight excluding hydrogens is 336 g/mol. The maximum absolute atomic E-state index is 12.2. The average molecular weight is 360 g/mol. The second-order valence-corrected chi connectivity index (χ2v) is 6.90. The first-order valence-electron chi connectivity index (χ1n) is 8.67. The van der Waals surface area contributed by atoms with Gasteiger partial charge in [0.15, 0.2) is 11.1 Å². The lowest BCUT2D eigenvalue weighted by atomic mass is 10.0. The summed E-state index contributed by atoms with van der Waals surface area (Å²) < 4.78 is 4.90. The molecule has 1 saturated heterocycles. The third kappa shape index (κ3) is 3.86. The van der Waals surface area contributed by atoms with Gasteiger partial charge in [-0.2, -0.15) is 0 Å². The Hall–Kier alpha value is -2.45. The number of aryl methyl sites for hydroxylation is 2. The summed E-state index contributed by atoms with van der Waals surface area (Å²) >= 11 is 0. The summed E-state index contributed by atoms with van der Waals surface area (Å²) in [5, 5.41) is 16.9. The van der Waals surface area contributed by atoms with E-state index in [0.29, 0.717) is 42.9 Å². The van der Waals surface area contributed by atoms with Crippen molar-refractivity contribution in [1.29, 1.82) is 0 Å². The number of piperidine rings is 1. The lowest BCUT2D eigenvalue weighted by Gasteiger charge is -2.36. The smallest absolute Gasteiger partial charge is 0.273 e. The number of hydrogen-bond acceptors (Lipinski definition) is 6. The minimum atomic E-state index is -0.696. The number of amides is 1. The Morgan fingerprint density at radius 2 is 2.23 bits per heavy atom. The maximum Gasteiger partial charge on any atom is 0.273 e. The molecule has 8 heteroatoms. The number of β-amino-alcohol motifs (C(OH)–C–C–N with tert-alkyl or cyclic N) is 1. The highest BCUT2D eigenvalue weighted by Crippen LogP contribution is 2.15. The van der Waals surface area contributed by atoms with Crippen molar-refractivity contribution in [2.45, 2.75) is 45.9 Å². The van der Waals surface area contributed by atoms with Gasteiger partial charge in [0.25, 0.3) is 5.91 Å². The molecule has 8 nitrogen and oxygen atoms in total. The summed E-state index contributed by atoms with van der Waals surface area (Å²) in [6, 6.07) is 1.22. The Kier molecular flexibility index (Phi) is 5.24. The monoisotopic (exact) mass is 360 g/mol. The summed E-state index contributed by atoms with van der Waals surface area (Å²) in [5.41, 5.74) is 2.51. The van der Waals surface area contributed by atoms with Crippen LogP contribution in [0.4, 0.5) is 0 Å². The van der Waals surface area contributed by atoms with Crippen LogP contribution in [0.3, 0.4) is 0 Å². The van der Waals surface area contributed by atoms with Gasteiger partial charge in [-0.05, 0) is 27.2 Å². The third-order valence-electron chi connectivity index (χ3n) is 4.84. The van der Waals surface area contributed by atoms with Crippen LogP contribution in [-0.2, 0) is 6.54 Å². The SMILES string of the molecule is Cc1cc(C(=O)N[C@@H]2CCN(Cc3[nH]cc(C)c(=O)c3C)C[C@H]2O)no1.